The van der Waals surface area contributed by atoms with Crippen molar-refractivity contribution in [3.8, 4) is 0 Å². The molecule has 0 aromatic heterocycles. The van der Waals surface area contributed by atoms with Gasteiger partial charge in [0.2, 0.25) is 0 Å². The van der Waals surface area contributed by atoms with Crippen molar-refractivity contribution in [2.75, 3.05) is 13.2 Å². The molecule has 128 valence electrons. The van der Waals surface area contributed by atoms with E-state index in [2.05, 4.69) is 52.8 Å². The van der Waals surface area contributed by atoms with Crippen molar-refractivity contribution in [2.45, 2.75) is 60.8 Å². The molecule has 0 amide bonds. The molecule has 0 spiro atoms. The van der Waals surface area contributed by atoms with Crippen molar-refractivity contribution < 1.29 is 10.2 Å². The quantitative estimate of drug-likeness (QED) is 0.605. The van der Waals surface area contributed by atoms with Crippen molar-refractivity contribution in [1.29, 1.82) is 0 Å². The Kier molecular flexibility index (Phi) is 17.1. The lowest BCUT2D eigenvalue weighted by atomic mass is 10.0. The summed E-state index contributed by atoms with van der Waals surface area (Å²) in [7, 11) is 0. The molecular formula is C20H36O2. The van der Waals surface area contributed by atoms with E-state index in [1.807, 2.05) is 19.1 Å². The normalized spacial score (nSPS) is 13.6. The second-order valence-electron chi connectivity index (χ2n) is 5.99. The lowest BCUT2D eigenvalue weighted by molar-refractivity contribution is 0.341. The monoisotopic (exact) mass is 308 g/mol. The Morgan fingerprint density at radius 3 is 1.91 bits per heavy atom. The van der Waals surface area contributed by atoms with Crippen LogP contribution in [0.15, 0.2) is 47.1 Å². The van der Waals surface area contributed by atoms with E-state index < -0.39 is 0 Å². The SMILES string of the molecule is CC(C)=CCCC(C)=CCO.CC=CC(C)CC(C)=CCO. The Hall–Kier alpha value is -1.12. The fourth-order valence-corrected chi connectivity index (χ4v) is 1.99. The molecule has 0 saturated heterocycles. The fraction of sp³-hybridized carbons (Fsp3) is 0.600. The molecule has 2 nitrogen and oxygen atoms in total. The van der Waals surface area contributed by atoms with Gasteiger partial charge < -0.3 is 10.2 Å². The molecule has 1 atom stereocenters. The number of hydrogen-bond donors (Lipinski definition) is 2. The average molecular weight is 309 g/mol. The van der Waals surface area contributed by atoms with E-state index in [-0.39, 0.29) is 13.2 Å². The molecule has 2 heteroatoms. The van der Waals surface area contributed by atoms with Crippen LogP contribution in [0.25, 0.3) is 0 Å². The fourth-order valence-electron chi connectivity index (χ4n) is 1.99. The zero-order valence-corrected chi connectivity index (χ0v) is 15.4. The van der Waals surface area contributed by atoms with Gasteiger partial charge in [-0.05, 0) is 59.8 Å². The molecule has 0 aliphatic carbocycles. The third-order valence-corrected chi connectivity index (χ3v) is 3.14. The standard InChI is InChI=1S/2C10H18O/c1-9(2)5-4-6-10(3)7-8-11;1-4-5-9(2)8-10(3)6-7-11/h5,7,11H,4,6,8H2,1-3H3;4-6,9,11H,7-8H2,1-3H3. The summed E-state index contributed by atoms with van der Waals surface area (Å²) in [5.41, 5.74) is 3.89. The maximum atomic E-state index is 8.59. The maximum Gasteiger partial charge on any atom is 0.0614 e. The van der Waals surface area contributed by atoms with Gasteiger partial charge in [-0.1, -0.05) is 54.0 Å². The molecule has 0 aromatic carbocycles. The number of allylic oxidation sites excluding steroid dienone is 6. The Morgan fingerprint density at radius 2 is 1.45 bits per heavy atom. The van der Waals surface area contributed by atoms with Crippen LogP contribution >= 0.6 is 0 Å². The smallest absolute Gasteiger partial charge is 0.0614 e. The summed E-state index contributed by atoms with van der Waals surface area (Å²) in [6, 6.07) is 0. The van der Waals surface area contributed by atoms with Gasteiger partial charge in [0.1, 0.15) is 0 Å². The Labute approximate surface area is 138 Å². The van der Waals surface area contributed by atoms with Crippen molar-refractivity contribution in [3.63, 3.8) is 0 Å². The molecule has 0 radical (unpaired) electrons. The zero-order chi connectivity index (χ0) is 17.4. The van der Waals surface area contributed by atoms with Gasteiger partial charge in [-0.3, -0.25) is 0 Å². The summed E-state index contributed by atoms with van der Waals surface area (Å²) >= 11 is 0. The lowest BCUT2D eigenvalue weighted by Gasteiger charge is -2.05. The third kappa shape index (κ3) is 18.9. The van der Waals surface area contributed by atoms with Gasteiger partial charge in [0, 0.05) is 0 Å². The number of aliphatic hydroxyl groups is 2. The lowest BCUT2D eigenvalue weighted by Crippen LogP contribution is -1.91. The third-order valence-electron chi connectivity index (χ3n) is 3.14. The molecule has 2 N–H and O–H groups in total. The van der Waals surface area contributed by atoms with Crippen molar-refractivity contribution in [1.82, 2.24) is 0 Å². The van der Waals surface area contributed by atoms with Crippen LogP contribution in [-0.4, -0.2) is 23.4 Å². The summed E-state index contributed by atoms with van der Waals surface area (Å²) in [6.07, 6.45) is 13.4. The van der Waals surface area contributed by atoms with E-state index in [0.717, 1.165) is 19.3 Å². The van der Waals surface area contributed by atoms with Crippen LogP contribution < -0.4 is 0 Å². The Bertz CT molecular complexity index is 369. The molecule has 0 bridgehead atoms. The predicted octanol–water partition coefficient (Wildman–Crippen LogP) is 5.20. The van der Waals surface area contributed by atoms with Crippen molar-refractivity contribution >= 4 is 0 Å². The number of aliphatic hydroxyl groups excluding tert-OH is 2. The highest BCUT2D eigenvalue weighted by Crippen LogP contribution is 2.11. The highest BCUT2D eigenvalue weighted by molar-refractivity contribution is 5.02. The second kappa shape index (κ2) is 16.3. The first kappa shape index (κ1) is 23.2. The zero-order valence-electron chi connectivity index (χ0n) is 15.4. The first-order valence-corrected chi connectivity index (χ1v) is 8.16. The van der Waals surface area contributed by atoms with Gasteiger partial charge in [0.05, 0.1) is 13.2 Å². The minimum atomic E-state index is 0.161. The van der Waals surface area contributed by atoms with Crippen LogP contribution in [0.3, 0.4) is 0 Å². The van der Waals surface area contributed by atoms with Gasteiger partial charge in [-0.2, -0.15) is 0 Å². The molecule has 0 heterocycles. The molecule has 22 heavy (non-hydrogen) atoms. The minimum absolute atomic E-state index is 0.161. The summed E-state index contributed by atoms with van der Waals surface area (Å²) < 4.78 is 0. The molecular weight excluding hydrogens is 272 g/mol. The van der Waals surface area contributed by atoms with E-state index in [4.69, 9.17) is 10.2 Å². The van der Waals surface area contributed by atoms with Crippen LogP contribution in [0.2, 0.25) is 0 Å². The first-order chi connectivity index (χ1) is 10.4. The van der Waals surface area contributed by atoms with Gasteiger partial charge in [-0.15, -0.1) is 0 Å². The predicted molar refractivity (Wildman–Crippen MR) is 98.9 cm³/mol. The average Bonchev–Trinajstić information content (AvgIpc) is 2.39. The molecule has 0 aliphatic heterocycles. The summed E-state index contributed by atoms with van der Waals surface area (Å²) in [6.45, 7) is 12.8. The molecule has 0 rings (SSSR count). The molecule has 0 aromatic rings. The van der Waals surface area contributed by atoms with Crippen LogP contribution in [0.1, 0.15) is 60.8 Å². The van der Waals surface area contributed by atoms with E-state index >= 15 is 0 Å². The Balaban J connectivity index is 0. The summed E-state index contributed by atoms with van der Waals surface area (Å²) in [5, 5.41) is 17.1. The highest BCUT2D eigenvalue weighted by atomic mass is 16.3. The Morgan fingerprint density at radius 1 is 0.909 bits per heavy atom. The molecule has 1 unspecified atom stereocenters. The van der Waals surface area contributed by atoms with Gasteiger partial charge >= 0.3 is 0 Å². The highest BCUT2D eigenvalue weighted by Gasteiger charge is 1.96. The van der Waals surface area contributed by atoms with Crippen LogP contribution in [0.4, 0.5) is 0 Å². The van der Waals surface area contributed by atoms with Crippen LogP contribution in [0, 0.1) is 5.92 Å². The summed E-state index contributed by atoms with van der Waals surface area (Å²) in [4.78, 5) is 0. The second-order valence-corrected chi connectivity index (χ2v) is 5.99. The van der Waals surface area contributed by atoms with Gasteiger partial charge in [-0.25, -0.2) is 0 Å². The van der Waals surface area contributed by atoms with E-state index in [0.29, 0.717) is 5.92 Å². The van der Waals surface area contributed by atoms with Crippen molar-refractivity contribution in [2.24, 2.45) is 5.92 Å². The molecule has 0 aliphatic rings. The van der Waals surface area contributed by atoms with E-state index in [9.17, 15) is 0 Å². The topological polar surface area (TPSA) is 40.5 Å². The molecule has 0 fully saturated rings. The number of rotatable bonds is 8. The van der Waals surface area contributed by atoms with Crippen LogP contribution in [-0.2, 0) is 0 Å². The minimum Gasteiger partial charge on any atom is -0.392 e. The van der Waals surface area contributed by atoms with Gasteiger partial charge in [0.15, 0.2) is 0 Å². The molecule has 0 saturated carbocycles. The first-order valence-electron chi connectivity index (χ1n) is 8.16. The maximum absolute atomic E-state index is 8.59. The summed E-state index contributed by atoms with van der Waals surface area (Å²) in [5.74, 6) is 0.586. The van der Waals surface area contributed by atoms with Crippen molar-refractivity contribution in [3.05, 3.63) is 47.1 Å². The van der Waals surface area contributed by atoms with E-state index in [1.165, 1.54) is 16.7 Å². The largest absolute Gasteiger partial charge is 0.392 e. The van der Waals surface area contributed by atoms with Crippen LogP contribution in [0.5, 0.6) is 0 Å². The number of hydrogen-bond acceptors (Lipinski definition) is 2. The van der Waals surface area contributed by atoms with E-state index in [1.54, 1.807) is 0 Å². The van der Waals surface area contributed by atoms with Gasteiger partial charge in [0.25, 0.3) is 0 Å².